The highest BCUT2D eigenvalue weighted by Gasteiger charge is 2.33. The van der Waals surface area contributed by atoms with Gasteiger partial charge in [0.25, 0.3) is 0 Å². The van der Waals surface area contributed by atoms with Gasteiger partial charge >= 0.3 is 0 Å². The molecule has 0 unspecified atom stereocenters. The Morgan fingerprint density at radius 3 is 2.12 bits per heavy atom. The molecule has 1 heterocycles. The van der Waals surface area contributed by atoms with Crippen molar-refractivity contribution in [1.82, 2.24) is 9.80 Å². The fourth-order valence-corrected chi connectivity index (χ4v) is 2.94. The number of aryl methyl sites for hydroxylation is 1. The molecule has 1 aliphatic heterocycles. The first kappa shape index (κ1) is 19.1. The van der Waals surface area contributed by atoms with E-state index >= 15 is 0 Å². The molecule has 1 fully saturated rings. The van der Waals surface area contributed by atoms with E-state index in [1.807, 2.05) is 47.9 Å². The van der Waals surface area contributed by atoms with E-state index in [1.54, 1.807) is 0 Å². The van der Waals surface area contributed by atoms with Crippen molar-refractivity contribution >= 4 is 35.0 Å². The normalized spacial score (nSPS) is 15.5. The predicted molar refractivity (Wildman–Crippen MR) is 97.4 cm³/mol. The lowest BCUT2D eigenvalue weighted by atomic mass is 9.94. The third-order valence-corrected chi connectivity index (χ3v) is 5.29. The molecule has 1 saturated heterocycles. The Morgan fingerprint density at radius 2 is 1.58 bits per heavy atom. The van der Waals surface area contributed by atoms with Gasteiger partial charge in [0.15, 0.2) is 0 Å². The van der Waals surface area contributed by atoms with E-state index in [0.29, 0.717) is 49.9 Å². The largest absolute Gasteiger partial charge is 0.339 e. The number of carbonyl (C=O) groups excluding carboxylic acids is 2. The van der Waals surface area contributed by atoms with Crippen LogP contribution in [0.4, 0.5) is 0 Å². The van der Waals surface area contributed by atoms with Gasteiger partial charge < -0.3 is 9.80 Å². The molecule has 0 saturated carbocycles. The number of nitrogens with zero attached hydrogens (tertiary/aromatic N) is 2. The number of carbonyl (C=O) groups is 2. The van der Waals surface area contributed by atoms with Crippen molar-refractivity contribution < 1.29 is 9.59 Å². The molecule has 24 heavy (non-hydrogen) atoms. The van der Waals surface area contributed by atoms with E-state index in [-0.39, 0.29) is 11.8 Å². The quantitative estimate of drug-likeness (QED) is 0.746. The Hall–Kier alpha value is -1.26. The van der Waals surface area contributed by atoms with Crippen LogP contribution in [0.25, 0.3) is 0 Å². The molecule has 132 valence electrons. The van der Waals surface area contributed by atoms with Crippen molar-refractivity contribution in [2.45, 2.75) is 26.7 Å². The molecule has 0 bridgehead atoms. The minimum atomic E-state index is -0.553. The second-order valence-corrected chi connectivity index (χ2v) is 7.52. The van der Waals surface area contributed by atoms with E-state index in [4.69, 9.17) is 23.2 Å². The van der Waals surface area contributed by atoms with Gasteiger partial charge in [-0.3, -0.25) is 9.59 Å². The van der Waals surface area contributed by atoms with Gasteiger partial charge in [0.1, 0.15) is 0 Å². The average molecular weight is 371 g/mol. The topological polar surface area (TPSA) is 40.6 Å². The van der Waals surface area contributed by atoms with Crippen LogP contribution in [0.2, 0.25) is 5.02 Å². The van der Waals surface area contributed by atoms with Crippen molar-refractivity contribution in [3.8, 4) is 0 Å². The van der Waals surface area contributed by atoms with Crippen LogP contribution in [0, 0.1) is 5.41 Å². The Kier molecular flexibility index (Phi) is 6.53. The highest BCUT2D eigenvalue weighted by Crippen LogP contribution is 2.22. The van der Waals surface area contributed by atoms with Crippen LogP contribution >= 0.6 is 23.2 Å². The first-order chi connectivity index (χ1) is 11.3. The standard InChI is InChI=1S/C18H24Cl2N2O2/c1-18(2,13-19)17(24)22-11-9-21(10-12-22)16(23)8-5-14-3-6-15(20)7-4-14/h3-4,6-7H,5,8-13H2,1-2H3. The molecule has 2 amide bonds. The SMILES string of the molecule is CC(C)(CCl)C(=O)N1CCN(C(=O)CCc2ccc(Cl)cc2)CC1. The summed E-state index contributed by atoms with van der Waals surface area (Å²) in [5.74, 6) is 0.492. The molecule has 6 heteroatoms. The molecule has 1 aromatic rings. The second-order valence-electron chi connectivity index (χ2n) is 6.82. The Labute approximate surface area is 153 Å². The van der Waals surface area contributed by atoms with E-state index < -0.39 is 5.41 Å². The Bertz CT molecular complexity index is 579. The number of benzene rings is 1. The first-order valence-electron chi connectivity index (χ1n) is 8.21. The first-order valence-corrected chi connectivity index (χ1v) is 9.12. The summed E-state index contributed by atoms with van der Waals surface area (Å²) in [7, 11) is 0. The molecular formula is C18H24Cl2N2O2. The summed E-state index contributed by atoms with van der Waals surface area (Å²) < 4.78 is 0. The molecular weight excluding hydrogens is 347 g/mol. The summed E-state index contributed by atoms with van der Waals surface area (Å²) in [4.78, 5) is 28.4. The number of hydrogen-bond donors (Lipinski definition) is 0. The van der Waals surface area contributed by atoms with Crippen LogP contribution in [0.15, 0.2) is 24.3 Å². The van der Waals surface area contributed by atoms with Gasteiger partial charge in [-0.05, 0) is 38.0 Å². The van der Waals surface area contributed by atoms with Crippen LogP contribution in [0.5, 0.6) is 0 Å². The summed E-state index contributed by atoms with van der Waals surface area (Å²) in [6.45, 7) is 6.03. The highest BCUT2D eigenvalue weighted by atomic mass is 35.5. The number of halogens is 2. The molecule has 1 aliphatic rings. The average Bonchev–Trinajstić information content (AvgIpc) is 2.60. The summed E-state index contributed by atoms with van der Waals surface area (Å²) in [5.41, 5.74) is 0.549. The Balaban J connectivity index is 1.80. The van der Waals surface area contributed by atoms with Gasteiger partial charge in [0.2, 0.25) is 11.8 Å². The molecule has 0 atom stereocenters. The Morgan fingerprint density at radius 1 is 1.04 bits per heavy atom. The van der Waals surface area contributed by atoms with E-state index in [0.717, 1.165) is 5.56 Å². The molecule has 0 aliphatic carbocycles. The number of piperazine rings is 1. The van der Waals surface area contributed by atoms with Crippen molar-refractivity contribution in [2.24, 2.45) is 5.41 Å². The van der Waals surface area contributed by atoms with Crippen molar-refractivity contribution in [2.75, 3.05) is 32.1 Å². The summed E-state index contributed by atoms with van der Waals surface area (Å²) in [6, 6.07) is 7.57. The maximum atomic E-state index is 12.4. The van der Waals surface area contributed by atoms with Crippen LogP contribution < -0.4 is 0 Å². The summed E-state index contributed by atoms with van der Waals surface area (Å²) in [5, 5.41) is 0.700. The molecule has 4 nitrogen and oxygen atoms in total. The summed E-state index contributed by atoms with van der Waals surface area (Å²) in [6.07, 6.45) is 1.18. The van der Waals surface area contributed by atoms with Crippen LogP contribution in [0.1, 0.15) is 25.8 Å². The number of rotatable bonds is 5. The minimum Gasteiger partial charge on any atom is -0.339 e. The predicted octanol–water partition coefficient (Wildman–Crippen LogP) is 3.21. The van der Waals surface area contributed by atoms with Gasteiger partial charge in [-0.1, -0.05) is 23.7 Å². The fraction of sp³-hybridized carbons (Fsp3) is 0.556. The van der Waals surface area contributed by atoms with E-state index in [9.17, 15) is 9.59 Å². The lowest BCUT2D eigenvalue weighted by Gasteiger charge is -2.38. The van der Waals surface area contributed by atoms with E-state index in [2.05, 4.69) is 0 Å². The van der Waals surface area contributed by atoms with Gasteiger partial charge in [-0.25, -0.2) is 0 Å². The monoisotopic (exact) mass is 370 g/mol. The maximum absolute atomic E-state index is 12.4. The molecule has 0 aromatic heterocycles. The van der Waals surface area contributed by atoms with E-state index in [1.165, 1.54) is 0 Å². The summed E-state index contributed by atoms with van der Waals surface area (Å²) >= 11 is 11.7. The highest BCUT2D eigenvalue weighted by molar-refractivity contribution is 6.30. The lowest BCUT2D eigenvalue weighted by Crippen LogP contribution is -2.53. The molecule has 2 rings (SSSR count). The zero-order valence-corrected chi connectivity index (χ0v) is 15.7. The minimum absolute atomic E-state index is 0.0609. The third-order valence-electron chi connectivity index (χ3n) is 4.37. The number of alkyl halides is 1. The number of amides is 2. The second kappa shape index (κ2) is 8.21. The molecule has 0 spiro atoms. The van der Waals surface area contributed by atoms with Gasteiger partial charge in [-0.15, -0.1) is 11.6 Å². The van der Waals surface area contributed by atoms with Crippen LogP contribution in [-0.2, 0) is 16.0 Å². The van der Waals surface area contributed by atoms with Crippen molar-refractivity contribution in [3.05, 3.63) is 34.9 Å². The van der Waals surface area contributed by atoms with Gasteiger partial charge in [-0.2, -0.15) is 0 Å². The molecule has 0 radical (unpaired) electrons. The third kappa shape index (κ3) is 4.87. The zero-order valence-electron chi connectivity index (χ0n) is 14.2. The molecule has 1 aromatic carbocycles. The molecule has 0 N–H and O–H groups in total. The zero-order chi connectivity index (χ0) is 17.7. The fourth-order valence-electron chi connectivity index (χ4n) is 2.70. The maximum Gasteiger partial charge on any atom is 0.229 e. The van der Waals surface area contributed by atoms with Crippen LogP contribution in [0.3, 0.4) is 0 Å². The lowest BCUT2D eigenvalue weighted by molar-refractivity contribution is -0.144. The van der Waals surface area contributed by atoms with Gasteiger partial charge in [0, 0.05) is 43.5 Å². The smallest absolute Gasteiger partial charge is 0.229 e. The number of hydrogen-bond acceptors (Lipinski definition) is 2. The van der Waals surface area contributed by atoms with Crippen molar-refractivity contribution in [1.29, 1.82) is 0 Å². The van der Waals surface area contributed by atoms with Gasteiger partial charge in [0.05, 0.1) is 5.41 Å². The van der Waals surface area contributed by atoms with Crippen molar-refractivity contribution in [3.63, 3.8) is 0 Å². The van der Waals surface area contributed by atoms with Crippen LogP contribution in [-0.4, -0.2) is 53.7 Å².